The van der Waals surface area contributed by atoms with Crippen molar-refractivity contribution >= 4 is 17.8 Å². The Morgan fingerprint density at radius 1 is 1.28 bits per heavy atom. The van der Waals surface area contributed by atoms with Gasteiger partial charge in [-0.2, -0.15) is 0 Å². The number of aliphatic carboxylic acids is 1. The van der Waals surface area contributed by atoms with Gasteiger partial charge >= 0.3 is 5.97 Å². The Morgan fingerprint density at radius 3 is 2.39 bits per heavy atom. The van der Waals surface area contributed by atoms with Gasteiger partial charge in [-0.3, -0.25) is 14.4 Å². The summed E-state index contributed by atoms with van der Waals surface area (Å²) in [5.41, 5.74) is -1.27. The summed E-state index contributed by atoms with van der Waals surface area (Å²) in [7, 11) is 1.53. The molecule has 6 heteroatoms. The first-order valence-corrected chi connectivity index (χ1v) is 6.29. The standard InChI is InChI=1S/C12H18N2O4/c1-13-9(15)8-4-2-7-14(8)10(16)12(11(17)18)5-3-6-12/h8H,2-7H2,1H3,(H,13,15)(H,17,18). The number of carboxylic acids is 1. The molecule has 2 N–H and O–H groups in total. The van der Waals surface area contributed by atoms with E-state index in [0.717, 1.165) is 12.8 Å². The number of rotatable bonds is 3. The Kier molecular flexibility index (Phi) is 3.28. The van der Waals surface area contributed by atoms with Crippen LogP contribution in [-0.4, -0.2) is 47.4 Å². The van der Waals surface area contributed by atoms with Crippen LogP contribution in [0, 0.1) is 5.41 Å². The van der Waals surface area contributed by atoms with Crippen LogP contribution in [0.3, 0.4) is 0 Å². The molecule has 0 aromatic rings. The van der Waals surface area contributed by atoms with Crippen molar-refractivity contribution in [3.63, 3.8) is 0 Å². The van der Waals surface area contributed by atoms with Crippen molar-refractivity contribution in [1.29, 1.82) is 0 Å². The molecule has 1 unspecified atom stereocenters. The van der Waals surface area contributed by atoms with Gasteiger partial charge in [0.2, 0.25) is 11.8 Å². The Morgan fingerprint density at radius 2 is 1.94 bits per heavy atom. The van der Waals surface area contributed by atoms with Crippen LogP contribution < -0.4 is 5.32 Å². The van der Waals surface area contributed by atoms with Gasteiger partial charge in [0.05, 0.1) is 0 Å². The van der Waals surface area contributed by atoms with E-state index in [1.807, 2.05) is 0 Å². The fourth-order valence-electron chi connectivity index (χ4n) is 2.77. The first kappa shape index (κ1) is 12.9. The molecule has 1 aliphatic heterocycles. The minimum Gasteiger partial charge on any atom is -0.480 e. The lowest BCUT2D eigenvalue weighted by Gasteiger charge is -2.40. The first-order valence-electron chi connectivity index (χ1n) is 6.29. The molecule has 1 saturated heterocycles. The molecular formula is C12H18N2O4. The summed E-state index contributed by atoms with van der Waals surface area (Å²) in [5.74, 6) is -1.64. The number of nitrogens with zero attached hydrogens (tertiary/aromatic N) is 1. The molecule has 6 nitrogen and oxygen atoms in total. The van der Waals surface area contributed by atoms with Crippen LogP contribution in [0.4, 0.5) is 0 Å². The van der Waals surface area contributed by atoms with Crippen molar-refractivity contribution < 1.29 is 19.5 Å². The molecule has 18 heavy (non-hydrogen) atoms. The van der Waals surface area contributed by atoms with Crippen LogP contribution in [0.2, 0.25) is 0 Å². The van der Waals surface area contributed by atoms with Crippen LogP contribution in [0.15, 0.2) is 0 Å². The summed E-state index contributed by atoms with van der Waals surface area (Å²) in [6, 6.07) is -0.501. The molecule has 1 saturated carbocycles. The number of likely N-dealkylation sites (tertiary alicyclic amines) is 1. The number of carbonyl (C=O) groups excluding carboxylic acids is 2. The molecule has 0 aromatic carbocycles. The third-order valence-corrected chi connectivity index (χ3v) is 4.09. The Hall–Kier alpha value is -1.59. The zero-order valence-electron chi connectivity index (χ0n) is 10.4. The largest absolute Gasteiger partial charge is 0.480 e. The predicted molar refractivity (Wildman–Crippen MR) is 62.7 cm³/mol. The van der Waals surface area contributed by atoms with Crippen LogP contribution in [0.25, 0.3) is 0 Å². The van der Waals surface area contributed by atoms with E-state index in [2.05, 4.69) is 5.32 Å². The molecule has 2 amide bonds. The Labute approximate surface area is 105 Å². The second-order valence-corrected chi connectivity index (χ2v) is 5.01. The molecule has 1 aliphatic carbocycles. The van der Waals surface area contributed by atoms with Crippen LogP contribution in [0.5, 0.6) is 0 Å². The van der Waals surface area contributed by atoms with Gasteiger partial charge in [-0.15, -0.1) is 0 Å². The topological polar surface area (TPSA) is 86.7 Å². The Balaban J connectivity index is 2.17. The van der Waals surface area contributed by atoms with E-state index >= 15 is 0 Å². The van der Waals surface area contributed by atoms with E-state index in [0.29, 0.717) is 25.8 Å². The second kappa shape index (κ2) is 4.59. The molecule has 0 bridgehead atoms. The summed E-state index contributed by atoms with van der Waals surface area (Å²) in [6.45, 7) is 0.478. The fraction of sp³-hybridized carbons (Fsp3) is 0.750. The number of carbonyl (C=O) groups is 3. The number of hydrogen-bond acceptors (Lipinski definition) is 3. The van der Waals surface area contributed by atoms with Crippen LogP contribution in [-0.2, 0) is 14.4 Å². The van der Waals surface area contributed by atoms with Gasteiger partial charge in [-0.1, -0.05) is 6.42 Å². The quantitative estimate of drug-likeness (QED) is 0.693. The summed E-state index contributed by atoms with van der Waals surface area (Å²) >= 11 is 0. The van der Waals surface area contributed by atoms with E-state index in [4.69, 9.17) is 0 Å². The maximum atomic E-state index is 12.4. The first-order chi connectivity index (χ1) is 8.53. The van der Waals surface area contributed by atoms with Gasteiger partial charge in [-0.25, -0.2) is 0 Å². The monoisotopic (exact) mass is 254 g/mol. The Bertz CT molecular complexity index is 390. The third kappa shape index (κ3) is 1.76. The molecule has 100 valence electrons. The lowest BCUT2D eigenvalue weighted by Crippen LogP contribution is -2.56. The highest BCUT2D eigenvalue weighted by molar-refractivity contribution is 6.04. The molecular weight excluding hydrogens is 236 g/mol. The molecule has 1 atom stereocenters. The number of nitrogens with one attached hydrogen (secondary N) is 1. The van der Waals surface area contributed by atoms with Crippen molar-refractivity contribution in [2.24, 2.45) is 5.41 Å². The highest BCUT2D eigenvalue weighted by atomic mass is 16.4. The average Bonchev–Trinajstić information content (AvgIpc) is 2.74. The molecule has 1 heterocycles. The molecule has 0 aromatic heterocycles. The molecule has 2 fully saturated rings. The lowest BCUT2D eigenvalue weighted by molar-refractivity contribution is -0.168. The molecule has 2 rings (SSSR count). The summed E-state index contributed by atoms with van der Waals surface area (Å²) in [6.07, 6.45) is 2.90. The summed E-state index contributed by atoms with van der Waals surface area (Å²) < 4.78 is 0. The number of likely N-dealkylation sites (N-methyl/N-ethyl adjacent to an activating group) is 1. The normalized spacial score (nSPS) is 25.4. The van der Waals surface area contributed by atoms with Gasteiger partial charge in [0.15, 0.2) is 0 Å². The van der Waals surface area contributed by atoms with Crippen LogP contribution >= 0.6 is 0 Å². The fourth-order valence-corrected chi connectivity index (χ4v) is 2.77. The van der Waals surface area contributed by atoms with Gasteiger partial charge < -0.3 is 15.3 Å². The zero-order chi connectivity index (χ0) is 13.3. The van der Waals surface area contributed by atoms with Crippen molar-refractivity contribution in [3.05, 3.63) is 0 Å². The molecule has 2 aliphatic rings. The number of carboxylic acid groups (broad SMARTS) is 1. The SMILES string of the molecule is CNC(=O)C1CCCN1C(=O)C1(C(=O)O)CCC1. The summed E-state index contributed by atoms with van der Waals surface area (Å²) in [5, 5.41) is 11.8. The predicted octanol–water partition coefficient (Wildman–Crippen LogP) is -0.0217. The summed E-state index contributed by atoms with van der Waals surface area (Å²) in [4.78, 5) is 36.8. The highest BCUT2D eigenvalue weighted by Crippen LogP contribution is 2.44. The maximum absolute atomic E-state index is 12.4. The van der Waals surface area contributed by atoms with Crippen LogP contribution in [0.1, 0.15) is 32.1 Å². The van der Waals surface area contributed by atoms with Gasteiger partial charge in [0.1, 0.15) is 11.5 Å². The van der Waals surface area contributed by atoms with E-state index < -0.39 is 17.4 Å². The van der Waals surface area contributed by atoms with Gasteiger partial charge in [0, 0.05) is 13.6 Å². The van der Waals surface area contributed by atoms with E-state index in [1.54, 1.807) is 0 Å². The third-order valence-electron chi connectivity index (χ3n) is 4.09. The van der Waals surface area contributed by atoms with Crippen molar-refractivity contribution in [2.45, 2.75) is 38.1 Å². The lowest BCUT2D eigenvalue weighted by atomic mass is 9.67. The second-order valence-electron chi connectivity index (χ2n) is 5.01. The number of amides is 2. The van der Waals surface area contributed by atoms with Crippen molar-refractivity contribution in [3.8, 4) is 0 Å². The highest BCUT2D eigenvalue weighted by Gasteiger charge is 2.54. The minimum atomic E-state index is -1.27. The van der Waals surface area contributed by atoms with Gasteiger partial charge in [0.25, 0.3) is 0 Å². The van der Waals surface area contributed by atoms with E-state index in [-0.39, 0.29) is 11.8 Å². The van der Waals surface area contributed by atoms with Crippen molar-refractivity contribution in [1.82, 2.24) is 10.2 Å². The maximum Gasteiger partial charge on any atom is 0.319 e. The smallest absolute Gasteiger partial charge is 0.319 e. The number of hydrogen-bond donors (Lipinski definition) is 2. The van der Waals surface area contributed by atoms with Crippen molar-refractivity contribution in [2.75, 3.05) is 13.6 Å². The molecule has 0 spiro atoms. The minimum absolute atomic E-state index is 0.208. The zero-order valence-corrected chi connectivity index (χ0v) is 10.4. The molecule has 0 radical (unpaired) electrons. The van der Waals surface area contributed by atoms with E-state index in [1.165, 1.54) is 11.9 Å². The van der Waals surface area contributed by atoms with Gasteiger partial charge in [-0.05, 0) is 25.7 Å². The van der Waals surface area contributed by atoms with E-state index in [9.17, 15) is 19.5 Å². The average molecular weight is 254 g/mol.